The fraction of sp³-hybridized carbons (Fsp3) is 0.529. The Kier molecular flexibility index (Phi) is 5.39. The summed E-state index contributed by atoms with van der Waals surface area (Å²) in [4.78, 5) is 4.30. The molecule has 6 heteroatoms. The Morgan fingerprint density at radius 3 is 2.39 bits per heavy atom. The van der Waals surface area contributed by atoms with Crippen molar-refractivity contribution in [2.45, 2.75) is 57.5 Å². The normalized spacial score (nSPS) is 15.4. The Morgan fingerprint density at radius 2 is 1.87 bits per heavy atom. The fourth-order valence-corrected chi connectivity index (χ4v) is 3.44. The Bertz CT molecular complexity index is 593. The maximum Gasteiger partial charge on any atom is 0.193 e. The van der Waals surface area contributed by atoms with Gasteiger partial charge in [-0.2, -0.15) is 5.10 Å². The lowest BCUT2D eigenvalue weighted by Gasteiger charge is -2.40. The Hall–Kier alpha value is -1.50. The molecule has 0 amide bonds. The van der Waals surface area contributed by atoms with Gasteiger partial charge in [0.1, 0.15) is 12.4 Å². The molecule has 2 atom stereocenters. The van der Waals surface area contributed by atoms with Crippen molar-refractivity contribution in [3.05, 3.63) is 48.0 Å². The highest BCUT2D eigenvalue weighted by molar-refractivity contribution is 6.74. The number of aromatic nitrogens is 3. The van der Waals surface area contributed by atoms with Gasteiger partial charge in [0.05, 0.1) is 0 Å². The molecule has 0 bridgehead atoms. The Morgan fingerprint density at radius 1 is 1.22 bits per heavy atom. The smallest absolute Gasteiger partial charge is 0.193 e. The van der Waals surface area contributed by atoms with E-state index in [4.69, 9.17) is 10.2 Å². The third kappa shape index (κ3) is 4.50. The number of nitrogens with two attached hydrogens (primary N) is 1. The maximum atomic E-state index is 6.55. The van der Waals surface area contributed by atoms with Gasteiger partial charge in [-0.1, -0.05) is 51.1 Å². The maximum absolute atomic E-state index is 6.55. The average Bonchev–Trinajstić information content (AvgIpc) is 2.98. The first-order chi connectivity index (χ1) is 10.7. The zero-order valence-electron chi connectivity index (χ0n) is 14.7. The number of nitrogens with one attached hydrogen (secondary N) is 1. The number of nitrogens with zero attached hydrogens (tertiary/aromatic N) is 2. The number of benzene rings is 1. The molecule has 3 N–H and O–H groups in total. The molecule has 0 aliphatic heterocycles. The molecule has 1 aromatic heterocycles. The van der Waals surface area contributed by atoms with Crippen molar-refractivity contribution >= 4 is 8.32 Å². The predicted molar refractivity (Wildman–Crippen MR) is 95.5 cm³/mol. The van der Waals surface area contributed by atoms with Crippen LogP contribution in [0.4, 0.5) is 0 Å². The van der Waals surface area contributed by atoms with Crippen LogP contribution in [0.15, 0.2) is 36.7 Å². The first-order valence-corrected chi connectivity index (χ1v) is 10.9. The van der Waals surface area contributed by atoms with Crippen molar-refractivity contribution in [1.82, 2.24) is 15.2 Å². The van der Waals surface area contributed by atoms with Crippen LogP contribution >= 0.6 is 0 Å². The SMILES string of the molecule is CC(C)(C)[Si](C)(C)OC(c1nc[nH]n1)C(N)Cc1ccccc1. The minimum atomic E-state index is -1.98. The third-order valence-corrected chi connectivity index (χ3v) is 9.07. The second-order valence-corrected chi connectivity index (χ2v) is 12.3. The van der Waals surface area contributed by atoms with Crippen molar-refractivity contribution in [3.63, 3.8) is 0 Å². The molecule has 1 heterocycles. The molecule has 2 aromatic rings. The van der Waals surface area contributed by atoms with Crippen LogP contribution in [0.3, 0.4) is 0 Å². The van der Waals surface area contributed by atoms with Gasteiger partial charge in [0, 0.05) is 6.04 Å². The summed E-state index contributed by atoms with van der Waals surface area (Å²) >= 11 is 0. The molecule has 0 aliphatic rings. The summed E-state index contributed by atoms with van der Waals surface area (Å²) in [6.45, 7) is 11.1. The van der Waals surface area contributed by atoms with Gasteiger partial charge < -0.3 is 10.2 Å². The molecular formula is C17H28N4OSi. The number of aromatic amines is 1. The van der Waals surface area contributed by atoms with E-state index in [-0.39, 0.29) is 17.2 Å². The van der Waals surface area contributed by atoms with Crippen LogP contribution in [-0.4, -0.2) is 29.5 Å². The Balaban J connectivity index is 2.21. The number of hydrogen-bond donors (Lipinski definition) is 2. The van der Waals surface area contributed by atoms with E-state index >= 15 is 0 Å². The standard InChI is InChI=1S/C17H28N4OSi/c1-17(2,3)23(4,5)22-15(16-19-12-20-21-16)14(18)11-13-9-7-6-8-10-13/h6-10,12,14-15H,11,18H2,1-5H3,(H,19,20,21). The minimum absolute atomic E-state index is 0.105. The fourth-order valence-electron chi connectivity index (χ4n) is 2.18. The topological polar surface area (TPSA) is 76.8 Å². The molecule has 5 nitrogen and oxygen atoms in total. The molecule has 2 rings (SSSR count). The zero-order chi connectivity index (χ0) is 17.1. The second-order valence-electron chi connectivity index (χ2n) is 7.51. The van der Waals surface area contributed by atoms with Crippen LogP contribution < -0.4 is 5.73 Å². The van der Waals surface area contributed by atoms with Gasteiger partial charge >= 0.3 is 0 Å². The van der Waals surface area contributed by atoms with Crippen LogP contribution in [-0.2, 0) is 10.8 Å². The lowest BCUT2D eigenvalue weighted by molar-refractivity contribution is 0.145. The van der Waals surface area contributed by atoms with Gasteiger partial charge in [-0.25, -0.2) is 4.98 Å². The molecule has 23 heavy (non-hydrogen) atoms. The van der Waals surface area contributed by atoms with Crippen molar-refractivity contribution < 1.29 is 4.43 Å². The molecular weight excluding hydrogens is 304 g/mol. The number of H-pyrrole nitrogens is 1. The molecule has 0 fully saturated rings. The van der Waals surface area contributed by atoms with E-state index in [0.29, 0.717) is 5.82 Å². The van der Waals surface area contributed by atoms with Gasteiger partial charge in [0.25, 0.3) is 0 Å². The first-order valence-electron chi connectivity index (χ1n) is 8.04. The molecule has 126 valence electrons. The quantitative estimate of drug-likeness (QED) is 0.794. The molecule has 0 saturated heterocycles. The highest BCUT2D eigenvalue weighted by Crippen LogP contribution is 2.40. The van der Waals surface area contributed by atoms with Crippen molar-refractivity contribution in [2.24, 2.45) is 5.73 Å². The highest BCUT2D eigenvalue weighted by Gasteiger charge is 2.41. The van der Waals surface area contributed by atoms with E-state index in [1.54, 1.807) is 6.33 Å². The van der Waals surface area contributed by atoms with Crippen molar-refractivity contribution in [1.29, 1.82) is 0 Å². The van der Waals surface area contributed by atoms with Crippen LogP contribution in [0.2, 0.25) is 18.1 Å². The largest absolute Gasteiger partial charge is 0.405 e. The van der Waals surface area contributed by atoms with Gasteiger partial charge in [-0.05, 0) is 30.1 Å². The highest BCUT2D eigenvalue weighted by atomic mass is 28.4. The summed E-state index contributed by atoms with van der Waals surface area (Å²) in [5.41, 5.74) is 7.69. The second kappa shape index (κ2) is 6.94. The summed E-state index contributed by atoms with van der Waals surface area (Å²) in [7, 11) is -1.98. The summed E-state index contributed by atoms with van der Waals surface area (Å²) < 4.78 is 6.55. The third-order valence-electron chi connectivity index (χ3n) is 4.62. The van der Waals surface area contributed by atoms with E-state index in [2.05, 4.69) is 61.2 Å². The van der Waals surface area contributed by atoms with Crippen LogP contribution in [0.1, 0.15) is 38.3 Å². The summed E-state index contributed by atoms with van der Waals surface area (Å²) in [6.07, 6.45) is 2.00. The van der Waals surface area contributed by atoms with Gasteiger partial charge in [0.15, 0.2) is 14.1 Å². The van der Waals surface area contributed by atoms with Gasteiger partial charge in [0.2, 0.25) is 0 Å². The van der Waals surface area contributed by atoms with Crippen LogP contribution in [0, 0.1) is 0 Å². The van der Waals surface area contributed by atoms with Crippen molar-refractivity contribution in [3.8, 4) is 0 Å². The summed E-state index contributed by atoms with van der Waals surface area (Å²) in [5, 5.41) is 7.10. The van der Waals surface area contributed by atoms with E-state index in [1.165, 1.54) is 5.56 Å². The van der Waals surface area contributed by atoms with Crippen LogP contribution in [0.25, 0.3) is 0 Å². The van der Waals surface area contributed by atoms with E-state index in [0.717, 1.165) is 6.42 Å². The lowest BCUT2D eigenvalue weighted by Crippen LogP contribution is -2.46. The molecule has 1 aromatic carbocycles. The van der Waals surface area contributed by atoms with Crippen LogP contribution in [0.5, 0.6) is 0 Å². The van der Waals surface area contributed by atoms with Crippen molar-refractivity contribution in [2.75, 3.05) is 0 Å². The van der Waals surface area contributed by atoms with Gasteiger partial charge in [-0.3, -0.25) is 5.10 Å². The zero-order valence-corrected chi connectivity index (χ0v) is 15.7. The van der Waals surface area contributed by atoms with E-state index in [9.17, 15) is 0 Å². The monoisotopic (exact) mass is 332 g/mol. The summed E-state index contributed by atoms with van der Waals surface area (Å²) in [6, 6.07) is 10.0. The number of hydrogen-bond acceptors (Lipinski definition) is 4. The first kappa shape index (κ1) is 17.8. The van der Waals surface area contributed by atoms with E-state index in [1.807, 2.05) is 18.2 Å². The molecule has 0 radical (unpaired) electrons. The molecule has 0 saturated carbocycles. The lowest BCUT2D eigenvalue weighted by atomic mass is 10.0. The minimum Gasteiger partial charge on any atom is -0.405 e. The molecule has 0 spiro atoms. The van der Waals surface area contributed by atoms with Gasteiger partial charge in [-0.15, -0.1) is 0 Å². The number of rotatable bonds is 6. The Labute approximate surface area is 139 Å². The van der Waals surface area contributed by atoms with E-state index < -0.39 is 8.32 Å². The average molecular weight is 333 g/mol. The summed E-state index contributed by atoms with van der Waals surface area (Å²) in [5.74, 6) is 0.637. The molecule has 0 aliphatic carbocycles. The molecule has 2 unspecified atom stereocenters. The predicted octanol–water partition coefficient (Wildman–Crippen LogP) is 3.44.